The molecule has 3 unspecified atom stereocenters. The molecule has 9 nitrogen and oxygen atoms in total. The summed E-state index contributed by atoms with van der Waals surface area (Å²) in [5.41, 5.74) is 1.93. The Labute approximate surface area is 255 Å². The summed E-state index contributed by atoms with van der Waals surface area (Å²) in [6.45, 7) is 10.1. The monoisotopic (exact) mass is 603 g/mol. The van der Waals surface area contributed by atoms with Crippen LogP contribution in [0.2, 0.25) is 5.02 Å². The molecule has 0 saturated carbocycles. The van der Waals surface area contributed by atoms with Gasteiger partial charge in [0.15, 0.2) is 0 Å². The number of halogens is 1. The molecule has 232 valence electrons. The Kier molecular flexibility index (Phi) is 11.6. The topological polar surface area (TPSA) is 93.6 Å². The van der Waals surface area contributed by atoms with E-state index in [9.17, 15) is 9.90 Å². The summed E-state index contributed by atoms with van der Waals surface area (Å²) in [6, 6.07) is 9.86. The first kappa shape index (κ1) is 32.2. The summed E-state index contributed by atoms with van der Waals surface area (Å²) in [5.74, 6) is 1.52. The van der Waals surface area contributed by atoms with E-state index in [1.54, 1.807) is 20.4 Å². The van der Waals surface area contributed by atoms with E-state index >= 15 is 0 Å². The van der Waals surface area contributed by atoms with Gasteiger partial charge in [0.2, 0.25) is 5.88 Å². The van der Waals surface area contributed by atoms with Gasteiger partial charge in [-0.2, -0.15) is 0 Å². The van der Waals surface area contributed by atoms with Gasteiger partial charge in [0.1, 0.15) is 11.9 Å². The lowest BCUT2D eigenvalue weighted by molar-refractivity contribution is -0.137. The molecule has 2 aliphatic heterocycles. The van der Waals surface area contributed by atoms with Crippen LogP contribution in [-0.2, 0) is 14.3 Å². The lowest BCUT2D eigenvalue weighted by Gasteiger charge is -2.40. The van der Waals surface area contributed by atoms with Gasteiger partial charge < -0.3 is 33.9 Å². The fraction of sp³-hybridized carbons (Fsp3) is 0.625. The van der Waals surface area contributed by atoms with Gasteiger partial charge in [-0.3, -0.25) is 4.79 Å². The largest absolute Gasteiger partial charge is 0.490 e. The fourth-order valence-corrected chi connectivity index (χ4v) is 6.54. The van der Waals surface area contributed by atoms with Crippen LogP contribution in [0.15, 0.2) is 36.5 Å². The van der Waals surface area contributed by atoms with Crippen LogP contribution in [0.1, 0.15) is 46.5 Å². The maximum Gasteiger partial charge on any atom is 0.305 e. The van der Waals surface area contributed by atoms with Crippen LogP contribution in [0.4, 0.5) is 11.4 Å². The maximum absolute atomic E-state index is 11.7. The van der Waals surface area contributed by atoms with E-state index in [0.29, 0.717) is 42.5 Å². The molecule has 2 aliphatic rings. The molecule has 1 N–H and O–H groups in total. The van der Waals surface area contributed by atoms with Gasteiger partial charge in [0.25, 0.3) is 0 Å². The molecule has 0 aliphatic carbocycles. The molecule has 0 amide bonds. The van der Waals surface area contributed by atoms with Crippen LogP contribution in [0.25, 0.3) is 0 Å². The minimum absolute atomic E-state index is 0.0297. The number of aromatic nitrogens is 1. The van der Waals surface area contributed by atoms with E-state index in [-0.39, 0.29) is 30.6 Å². The summed E-state index contributed by atoms with van der Waals surface area (Å²) in [6.07, 6.45) is 4.48. The van der Waals surface area contributed by atoms with Crippen LogP contribution < -0.4 is 19.3 Å². The fourth-order valence-electron chi connectivity index (χ4n) is 6.31. The number of carbonyl (C=O) groups is 1. The summed E-state index contributed by atoms with van der Waals surface area (Å²) in [7, 11) is 3.29. The van der Waals surface area contributed by atoms with Gasteiger partial charge in [-0.15, -0.1) is 0 Å². The normalized spacial score (nSPS) is 24.3. The highest BCUT2D eigenvalue weighted by molar-refractivity contribution is 6.33. The molecule has 0 bridgehead atoms. The first-order chi connectivity index (χ1) is 20.2. The van der Waals surface area contributed by atoms with Crippen LogP contribution in [0.5, 0.6) is 11.6 Å². The molecule has 4 rings (SSSR count). The zero-order chi connectivity index (χ0) is 30.2. The third kappa shape index (κ3) is 8.20. The molecule has 0 radical (unpaired) electrons. The van der Waals surface area contributed by atoms with Crippen molar-refractivity contribution in [2.24, 2.45) is 17.8 Å². The molecule has 1 aromatic heterocycles. The minimum atomic E-state index is -0.800. The second-order valence-electron chi connectivity index (χ2n) is 11.9. The smallest absolute Gasteiger partial charge is 0.305 e. The van der Waals surface area contributed by atoms with Gasteiger partial charge in [-0.25, -0.2) is 4.98 Å². The number of piperidine rings is 1. The summed E-state index contributed by atoms with van der Waals surface area (Å²) < 4.78 is 23.2. The van der Waals surface area contributed by atoms with Crippen molar-refractivity contribution >= 4 is 28.9 Å². The quantitative estimate of drug-likeness (QED) is 0.269. The Morgan fingerprint density at radius 3 is 2.57 bits per heavy atom. The molecular formula is C32H46ClN3O6. The number of ether oxygens (including phenoxy) is 4. The zero-order valence-corrected chi connectivity index (χ0v) is 26.3. The number of carboxylic acids is 1. The number of nitrogens with zero attached hydrogens (tertiary/aromatic N) is 3. The number of anilines is 2. The standard InChI is InChI=1S/C32H46ClN3O6/c1-21(2)15-23-19-35(28-16-31(40-5)34-18-26(28)33)12-11-29(23)42-25-9-7-24(8-10-25)36-20-30(41-14-6-13-39-4)22(3)27(36)17-32(37)38/h7-10,16,18,21-23,27,29-30H,6,11-15,17,19-20H2,1-5H3,(H,37,38)/t22-,23?,27-,29?,30?/m0/s1. The van der Waals surface area contributed by atoms with Crippen molar-refractivity contribution in [3.63, 3.8) is 0 Å². The van der Waals surface area contributed by atoms with E-state index in [0.717, 1.165) is 49.5 Å². The van der Waals surface area contributed by atoms with Crippen LogP contribution in [0.3, 0.4) is 0 Å². The van der Waals surface area contributed by atoms with E-state index in [1.807, 2.05) is 30.3 Å². The van der Waals surface area contributed by atoms with Crippen LogP contribution in [-0.4, -0.2) is 81.4 Å². The summed E-state index contributed by atoms with van der Waals surface area (Å²) >= 11 is 6.53. The van der Waals surface area contributed by atoms with E-state index in [4.69, 9.17) is 30.5 Å². The minimum Gasteiger partial charge on any atom is -0.490 e. The Hall–Kier alpha value is -2.75. The SMILES string of the molecule is COCCCOC1CN(c2ccc(OC3CCN(c4cc(OC)ncc4Cl)CC3CC(C)C)cc2)[C@@H](CC(=O)O)[C@@H]1C. The predicted molar refractivity (Wildman–Crippen MR) is 165 cm³/mol. The van der Waals surface area contributed by atoms with Crippen LogP contribution in [0, 0.1) is 17.8 Å². The van der Waals surface area contributed by atoms with Gasteiger partial charge >= 0.3 is 5.97 Å². The second kappa shape index (κ2) is 15.1. The van der Waals surface area contributed by atoms with E-state index < -0.39 is 5.97 Å². The number of methoxy groups -OCH3 is 2. The van der Waals surface area contributed by atoms with Gasteiger partial charge in [-0.05, 0) is 43.0 Å². The number of hydrogen-bond acceptors (Lipinski definition) is 8. The highest BCUT2D eigenvalue weighted by atomic mass is 35.5. The molecule has 2 saturated heterocycles. The number of pyridine rings is 1. The Balaban J connectivity index is 1.44. The molecule has 42 heavy (non-hydrogen) atoms. The molecule has 3 heterocycles. The van der Waals surface area contributed by atoms with Gasteiger partial charge in [0, 0.05) is 76.0 Å². The van der Waals surface area contributed by atoms with Gasteiger partial charge in [-0.1, -0.05) is 32.4 Å². The van der Waals surface area contributed by atoms with Crippen molar-refractivity contribution in [1.29, 1.82) is 0 Å². The summed E-state index contributed by atoms with van der Waals surface area (Å²) in [5, 5.41) is 10.2. The first-order valence-corrected chi connectivity index (χ1v) is 15.4. The highest BCUT2D eigenvalue weighted by Crippen LogP contribution is 2.37. The third-order valence-corrected chi connectivity index (χ3v) is 8.72. The van der Waals surface area contributed by atoms with Crippen molar-refractivity contribution in [3.8, 4) is 11.6 Å². The number of rotatable bonds is 14. The zero-order valence-electron chi connectivity index (χ0n) is 25.5. The van der Waals surface area contributed by atoms with Crippen molar-refractivity contribution in [3.05, 3.63) is 41.6 Å². The Morgan fingerprint density at radius 2 is 1.90 bits per heavy atom. The number of aliphatic carboxylic acids is 1. The lowest BCUT2D eigenvalue weighted by atomic mass is 9.87. The molecule has 0 spiro atoms. The van der Waals surface area contributed by atoms with Crippen molar-refractivity contribution in [2.75, 3.05) is 56.9 Å². The Bertz CT molecular complexity index is 1150. The highest BCUT2D eigenvalue weighted by Gasteiger charge is 2.41. The Morgan fingerprint density at radius 1 is 1.14 bits per heavy atom. The van der Waals surface area contributed by atoms with E-state index in [2.05, 4.69) is 35.6 Å². The first-order valence-electron chi connectivity index (χ1n) is 15.0. The van der Waals surface area contributed by atoms with Crippen LogP contribution >= 0.6 is 11.6 Å². The second-order valence-corrected chi connectivity index (χ2v) is 12.3. The molecular weight excluding hydrogens is 558 g/mol. The third-order valence-electron chi connectivity index (χ3n) is 8.43. The average molecular weight is 604 g/mol. The van der Waals surface area contributed by atoms with E-state index in [1.165, 1.54) is 0 Å². The lowest BCUT2D eigenvalue weighted by Crippen LogP contribution is -2.46. The predicted octanol–water partition coefficient (Wildman–Crippen LogP) is 5.78. The molecule has 10 heteroatoms. The van der Waals surface area contributed by atoms with Crippen molar-refractivity contribution in [2.45, 2.75) is 64.7 Å². The molecule has 5 atom stereocenters. The van der Waals surface area contributed by atoms with Crippen molar-refractivity contribution < 1.29 is 28.8 Å². The number of hydrogen-bond donors (Lipinski definition) is 1. The molecule has 2 aromatic rings. The maximum atomic E-state index is 11.7. The molecule has 1 aromatic carbocycles. The molecule has 2 fully saturated rings. The number of carboxylic acid groups (broad SMARTS) is 1. The average Bonchev–Trinajstić information content (AvgIpc) is 3.26. The number of benzene rings is 1. The summed E-state index contributed by atoms with van der Waals surface area (Å²) in [4.78, 5) is 20.4. The van der Waals surface area contributed by atoms with Gasteiger partial charge in [0.05, 0.1) is 36.5 Å². The van der Waals surface area contributed by atoms with Crippen molar-refractivity contribution in [1.82, 2.24) is 4.98 Å².